The Kier molecular flexibility index (Phi) is 7.89. The Morgan fingerprint density at radius 2 is 2.12 bits per heavy atom. The van der Waals surface area contributed by atoms with Gasteiger partial charge in [-0.25, -0.2) is 0 Å². The fraction of sp³-hybridized carbons (Fsp3) is 0.474. The van der Waals surface area contributed by atoms with Crippen LogP contribution in [0, 0.1) is 0 Å². The molecule has 1 aliphatic heterocycles. The molecular weight excluding hydrogens is 441 g/mol. The molecule has 142 valence electrons. The van der Waals surface area contributed by atoms with E-state index in [1.165, 1.54) is 16.7 Å². The van der Waals surface area contributed by atoms with Gasteiger partial charge in [-0.3, -0.25) is 9.67 Å². The molecule has 7 heteroatoms. The molecule has 1 saturated heterocycles. The van der Waals surface area contributed by atoms with Crippen molar-refractivity contribution in [3.63, 3.8) is 0 Å². The second-order valence-corrected chi connectivity index (χ2v) is 6.48. The Labute approximate surface area is 172 Å². The summed E-state index contributed by atoms with van der Waals surface area (Å²) in [4.78, 5) is 6.80. The van der Waals surface area contributed by atoms with E-state index >= 15 is 0 Å². The SMILES string of the molecule is CN=C(NCc1ccccc1COC)N1CCC(c2cnn(C)c2)C1.I. The van der Waals surface area contributed by atoms with Gasteiger partial charge in [0.25, 0.3) is 0 Å². The third-order valence-electron chi connectivity index (χ3n) is 4.75. The minimum Gasteiger partial charge on any atom is -0.380 e. The maximum atomic E-state index is 5.29. The number of aliphatic imine (C=N–C) groups is 1. The lowest BCUT2D eigenvalue weighted by molar-refractivity contribution is 0.184. The molecule has 6 nitrogen and oxygen atoms in total. The number of likely N-dealkylation sites (tertiary alicyclic amines) is 1. The smallest absolute Gasteiger partial charge is 0.193 e. The highest BCUT2D eigenvalue weighted by atomic mass is 127. The van der Waals surface area contributed by atoms with E-state index in [2.05, 4.69) is 44.7 Å². The van der Waals surface area contributed by atoms with Gasteiger partial charge in [-0.05, 0) is 23.1 Å². The molecule has 2 heterocycles. The number of methoxy groups -OCH3 is 1. The molecule has 1 N–H and O–H groups in total. The molecule has 1 aliphatic rings. The summed E-state index contributed by atoms with van der Waals surface area (Å²) in [5.74, 6) is 1.48. The van der Waals surface area contributed by atoms with Gasteiger partial charge in [0, 0.05) is 53.0 Å². The summed E-state index contributed by atoms with van der Waals surface area (Å²) in [6, 6.07) is 8.35. The number of hydrogen-bond donors (Lipinski definition) is 1. The van der Waals surface area contributed by atoms with Gasteiger partial charge >= 0.3 is 0 Å². The van der Waals surface area contributed by atoms with Gasteiger partial charge in [-0.1, -0.05) is 24.3 Å². The van der Waals surface area contributed by atoms with Gasteiger partial charge in [0.1, 0.15) is 0 Å². The van der Waals surface area contributed by atoms with Crippen LogP contribution in [0.25, 0.3) is 0 Å². The molecule has 0 spiro atoms. The molecule has 0 aliphatic carbocycles. The zero-order chi connectivity index (χ0) is 17.6. The van der Waals surface area contributed by atoms with Crippen LogP contribution in [0.4, 0.5) is 0 Å². The number of ether oxygens (including phenoxy) is 1. The highest BCUT2D eigenvalue weighted by Crippen LogP contribution is 2.26. The summed E-state index contributed by atoms with van der Waals surface area (Å²) in [5.41, 5.74) is 3.77. The van der Waals surface area contributed by atoms with E-state index in [0.29, 0.717) is 12.5 Å². The number of rotatable bonds is 5. The Bertz CT molecular complexity index is 730. The second-order valence-electron chi connectivity index (χ2n) is 6.48. The lowest BCUT2D eigenvalue weighted by Crippen LogP contribution is -2.39. The first-order valence-corrected chi connectivity index (χ1v) is 8.71. The van der Waals surface area contributed by atoms with Gasteiger partial charge in [0.15, 0.2) is 5.96 Å². The number of guanidine groups is 1. The van der Waals surface area contributed by atoms with Gasteiger partial charge in [0.2, 0.25) is 0 Å². The van der Waals surface area contributed by atoms with Gasteiger partial charge in [-0.2, -0.15) is 5.10 Å². The predicted octanol–water partition coefficient (Wildman–Crippen LogP) is 2.75. The van der Waals surface area contributed by atoms with Crippen molar-refractivity contribution in [2.24, 2.45) is 12.0 Å². The van der Waals surface area contributed by atoms with Crippen LogP contribution in [0.3, 0.4) is 0 Å². The van der Waals surface area contributed by atoms with Crippen molar-refractivity contribution >= 4 is 29.9 Å². The molecule has 1 atom stereocenters. The number of nitrogens with one attached hydrogen (secondary N) is 1. The van der Waals surface area contributed by atoms with Crippen molar-refractivity contribution in [1.29, 1.82) is 0 Å². The highest BCUT2D eigenvalue weighted by Gasteiger charge is 2.26. The minimum absolute atomic E-state index is 0. The van der Waals surface area contributed by atoms with E-state index in [9.17, 15) is 0 Å². The van der Waals surface area contributed by atoms with Crippen LogP contribution in [-0.2, 0) is 24.9 Å². The lowest BCUT2D eigenvalue weighted by atomic mass is 10.0. The van der Waals surface area contributed by atoms with Crippen LogP contribution in [0.2, 0.25) is 0 Å². The summed E-state index contributed by atoms with van der Waals surface area (Å²) in [6.07, 6.45) is 5.23. The van der Waals surface area contributed by atoms with Crippen molar-refractivity contribution in [3.8, 4) is 0 Å². The van der Waals surface area contributed by atoms with Crippen LogP contribution in [0.15, 0.2) is 41.7 Å². The van der Waals surface area contributed by atoms with E-state index in [1.54, 1.807) is 7.11 Å². The monoisotopic (exact) mass is 469 g/mol. The number of nitrogens with zero attached hydrogens (tertiary/aromatic N) is 4. The summed E-state index contributed by atoms with van der Waals surface area (Å²) in [7, 11) is 5.54. The third-order valence-corrected chi connectivity index (χ3v) is 4.75. The van der Waals surface area contributed by atoms with Gasteiger partial charge < -0.3 is 15.0 Å². The molecule has 1 fully saturated rings. The quantitative estimate of drug-likeness (QED) is 0.416. The standard InChI is InChI=1S/C19H27N5O.HI/c1-20-19(21-10-15-6-4-5-7-17(15)14-25-3)24-9-8-16(13-24)18-11-22-23(2)12-18;/h4-7,11-12,16H,8-10,13-14H2,1-3H3,(H,20,21);1H. The number of halogens is 1. The molecule has 0 saturated carbocycles. The lowest BCUT2D eigenvalue weighted by Gasteiger charge is -2.22. The molecular formula is C19H28IN5O. The average molecular weight is 469 g/mol. The van der Waals surface area contributed by atoms with Crippen LogP contribution in [0.1, 0.15) is 29.0 Å². The van der Waals surface area contributed by atoms with Crippen molar-refractivity contribution in [2.45, 2.75) is 25.5 Å². The zero-order valence-corrected chi connectivity index (χ0v) is 18.0. The maximum Gasteiger partial charge on any atom is 0.193 e. The number of aromatic nitrogens is 2. The summed E-state index contributed by atoms with van der Waals surface area (Å²) in [6.45, 7) is 3.37. The van der Waals surface area contributed by atoms with E-state index in [0.717, 1.165) is 32.0 Å². The fourth-order valence-electron chi connectivity index (χ4n) is 3.41. The minimum atomic E-state index is 0. The highest BCUT2D eigenvalue weighted by molar-refractivity contribution is 14.0. The van der Waals surface area contributed by atoms with E-state index in [4.69, 9.17) is 4.74 Å². The Hall–Kier alpha value is -1.61. The molecule has 3 rings (SSSR count). The molecule has 0 amide bonds. The first-order valence-electron chi connectivity index (χ1n) is 8.71. The van der Waals surface area contributed by atoms with Crippen molar-refractivity contribution in [3.05, 3.63) is 53.3 Å². The first-order chi connectivity index (χ1) is 12.2. The largest absolute Gasteiger partial charge is 0.380 e. The summed E-state index contributed by atoms with van der Waals surface area (Å²) in [5, 5.41) is 7.80. The fourth-order valence-corrected chi connectivity index (χ4v) is 3.41. The first kappa shape index (κ1) is 20.7. The van der Waals surface area contributed by atoms with Crippen LogP contribution >= 0.6 is 24.0 Å². The Morgan fingerprint density at radius 3 is 2.77 bits per heavy atom. The van der Waals surface area contributed by atoms with Crippen molar-refractivity contribution in [2.75, 3.05) is 27.2 Å². The average Bonchev–Trinajstić information content (AvgIpc) is 3.26. The normalized spacial score (nSPS) is 17.3. The second kappa shape index (κ2) is 9.91. The van der Waals surface area contributed by atoms with Gasteiger partial charge in [0.05, 0.1) is 12.8 Å². The maximum absolute atomic E-state index is 5.29. The van der Waals surface area contributed by atoms with Crippen LogP contribution in [0.5, 0.6) is 0 Å². The molecule has 0 bridgehead atoms. The number of benzene rings is 1. The third kappa shape index (κ3) is 4.97. The zero-order valence-electron chi connectivity index (χ0n) is 15.7. The van der Waals surface area contributed by atoms with Crippen molar-refractivity contribution < 1.29 is 4.74 Å². The topological polar surface area (TPSA) is 54.7 Å². The van der Waals surface area contributed by atoms with Gasteiger partial charge in [-0.15, -0.1) is 24.0 Å². The predicted molar refractivity (Wildman–Crippen MR) is 115 cm³/mol. The number of aryl methyl sites for hydroxylation is 1. The van der Waals surface area contributed by atoms with Crippen LogP contribution in [-0.4, -0.2) is 47.9 Å². The molecule has 1 aromatic heterocycles. The summed E-state index contributed by atoms with van der Waals surface area (Å²) >= 11 is 0. The molecule has 1 unspecified atom stereocenters. The Balaban J connectivity index is 0.00000243. The molecule has 2 aromatic rings. The van der Waals surface area contributed by atoms with Crippen LogP contribution < -0.4 is 5.32 Å². The molecule has 1 aromatic carbocycles. The molecule has 26 heavy (non-hydrogen) atoms. The van der Waals surface area contributed by atoms with E-state index < -0.39 is 0 Å². The Morgan fingerprint density at radius 1 is 1.35 bits per heavy atom. The van der Waals surface area contributed by atoms with Crippen molar-refractivity contribution in [1.82, 2.24) is 20.0 Å². The summed E-state index contributed by atoms with van der Waals surface area (Å²) < 4.78 is 7.16. The van der Waals surface area contributed by atoms with E-state index in [-0.39, 0.29) is 24.0 Å². The number of hydrogen-bond acceptors (Lipinski definition) is 3. The van der Waals surface area contributed by atoms with E-state index in [1.807, 2.05) is 31.0 Å². The molecule has 0 radical (unpaired) electrons.